The summed E-state index contributed by atoms with van der Waals surface area (Å²) in [6.45, 7) is 5.44. The molecule has 1 aromatic rings. The summed E-state index contributed by atoms with van der Waals surface area (Å²) >= 11 is 0. The van der Waals surface area contributed by atoms with Crippen LogP contribution >= 0.6 is 0 Å². The molecule has 7 heteroatoms. The first kappa shape index (κ1) is 20.4. The van der Waals surface area contributed by atoms with E-state index in [1.165, 1.54) is 10.5 Å². The molecular formula is C23H30N4O3. The second-order valence-corrected chi connectivity index (χ2v) is 8.45. The predicted octanol–water partition coefficient (Wildman–Crippen LogP) is 1.73. The van der Waals surface area contributed by atoms with Crippen molar-refractivity contribution in [1.82, 2.24) is 15.5 Å². The van der Waals surface area contributed by atoms with Crippen molar-refractivity contribution in [3.63, 3.8) is 0 Å². The maximum Gasteiger partial charge on any atom is 0.233 e. The maximum absolute atomic E-state index is 12.7. The first-order chi connectivity index (χ1) is 14.5. The molecule has 1 heterocycles. The molecule has 3 aliphatic rings. The number of hydrogen-bond acceptors (Lipinski definition) is 4. The van der Waals surface area contributed by atoms with Crippen molar-refractivity contribution in [3.05, 3.63) is 42.0 Å². The number of carbonyl (C=O) groups is 2. The smallest absolute Gasteiger partial charge is 0.233 e. The van der Waals surface area contributed by atoms with Crippen LogP contribution in [0.1, 0.15) is 18.9 Å². The van der Waals surface area contributed by atoms with Gasteiger partial charge in [-0.2, -0.15) is 0 Å². The van der Waals surface area contributed by atoms with Crippen molar-refractivity contribution in [2.75, 3.05) is 26.7 Å². The largest absolute Gasteiger partial charge is 0.489 e. The molecule has 0 aromatic heterocycles. The van der Waals surface area contributed by atoms with Gasteiger partial charge in [0, 0.05) is 20.1 Å². The number of aliphatic imine (C=N–C) groups is 1. The van der Waals surface area contributed by atoms with E-state index in [4.69, 9.17) is 4.74 Å². The molecule has 2 aliphatic carbocycles. The highest BCUT2D eigenvalue weighted by molar-refractivity contribution is 6.06. The average Bonchev–Trinajstić information content (AvgIpc) is 3.41. The van der Waals surface area contributed by atoms with Crippen LogP contribution in [-0.4, -0.2) is 55.5 Å². The Bertz CT molecular complexity index is 834. The lowest BCUT2D eigenvalue weighted by Crippen LogP contribution is -2.45. The van der Waals surface area contributed by atoms with Gasteiger partial charge in [0.25, 0.3) is 0 Å². The third-order valence-electron chi connectivity index (χ3n) is 6.33. The number of aryl methyl sites for hydroxylation is 1. The number of rotatable bonds is 7. The Labute approximate surface area is 177 Å². The third-order valence-corrected chi connectivity index (χ3v) is 6.33. The maximum atomic E-state index is 12.7. The van der Waals surface area contributed by atoms with Gasteiger partial charge < -0.3 is 15.4 Å². The van der Waals surface area contributed by atoms with Crippen molar-refractivity contribution >= 4 is 17.8 Å². The second-order valence-electron chi connectivity index (χ2n) is 8.45. The molecule has 0 spiro atoms. The standard InChI is InChI=1S/C23H30N4O3/c1-14-4-8-18(9-5-14)30-15(2)13-26-23(24-3)25-10-11-27-21(28)19-16-6-7-17(12-16)20(19)22(27)29/h4-9,15-17,19-20H,10-13H2,1-3H3,(H2,24,25,26). The summed E-state index contributed by atoms with van der Waals surface area (Å²) in [6, 6.07) is 7.96. The van der Waals surface area contributed by atoms with E-state index in [0.29, 0.717) is 25.6 Å². The van der Waals surface area contributed by atoms with E-state index in [9.17, 15) is 9.59 Å². The van der Waals surface area contributed by atoms with Gasteiger partial charge in [0.2, 0.25) is 11.8 Å². The van der Waals surface area contributed by atoms with Gasteiger partial charge in [-0.15, -0.1) is 0 Å². The van der Waals surface area contributed by atoms with Crippen LogP contribution in [0.4, 0.5) is 0 Å². The molecule has 1 aliphatic heterocycles. The molecular weight excluding hydrogens is 380 g/mol. The van der Waals surface area contributed by atoms with Crippen molar-refractivity contribution in [3.8, 4) is 5.75 Å². The van der Waals surface area contributed by atoms with Gasteiger partial charge in [0.1, 0.15) is 11.9 Å². The highest BCUT2D eigenvalue weighted by Gasteiger charge is 2.58. The zero-order chi connectivity index (χ0) is 21.3. The Balaban J connectivity index is 1.21. The number of nitrogens with zero attached hydrogens (tertiary/aromatic N) is 2. The first-order valence-electron chi connectivity index (χ1n) is 10.7. The molecule has 0 radical (unpaired) electrons. The number of allylic oxidation sites excluding steroid dienone is 2. The minimum atomic E-state index is -0.135. The highest BCUT2D eigenvalue weighted by atomic mass is 16.5. The number of likely N-dealkylation sites (tertiary alicyclic amines) is 1. The van der Waals surface area contributed by atoms with E-state index in [0.717, 1.165) is 12.2 Å². The van der Waals surface area contributed by atoms with Gasteiger partial charge in [0.15, 0.2) is 5.96 Å². The summed E-state index contributed by atoms with van der Waals surface area (Å²) in [7, 11) is 1.70. The number of carbonyl (C=O) groups excluding carboxylic acids is 2. The lowest BCUT2D eigenvalue weighted by Gasteiger charge is -2.20. The summed E-state index contributed by atoms with van der Waals surface area (Å²) < 4.78 is 5.90. The SMILES string of the molecule is CN=C(NCCN1C(=O)C2C3C=CC(C3)C2C1=O)NCC(C)Oc1ccc(C)cc1. The van der Waals surface area contributed by atoms with Gasteiger partial charge >= 0.3 is 0 Å². The number of imide groups is 1. The molecule has 30 heavy (non-hydrogen) atoms. The number of ether oxygens (including phenoxy) is 1. The number of nitrogens with one attached hydrogen (secondary N) is 2. The first-order valence-corrected chi connectivity index (χ1v) is 10.7. The number of hydrogen-bond donors (Lipinski definition) is 2. The van der Waals surface area contributed by atoms with E-state index < -0.39 is 0 Å². The molecule has 5 atom stereocenters. The fraction of sp³-hybridized carbons (Fsp3) is 0.522. The molecule has 2 fully saturated rings. The van der Waals surface area contributed by atoms with E-state index in [-0.39, 0.29) is 41.6 Å². The van der Waals surface area contributed by atoms with Crippen LogP contribution < -0.4 is 15.4 Å². The van der Waals surface area contributed by atoms with E-state index in [1.807, 2.05) is 38.1 Å². The Morgan fingerprint density at radius 1 is 1.13 bits per heavy atom. The predicted molar refractivity (Wildman–Crippen MR) is 115 cm³/mol. The van der Waals surface area contributed by atoms with E-state index in [1.54, 1.807) is 7.05 Å². The van der Waals surface area contributed by atoms with Gasteiger partial charge in [-0.1, -0.05) is 29.8 Å². The van der Waals surface area contributed by atoms with Gasteiger partial charge in [-0.05, 0) is 44.2 Å². The van der Waals surface area contributed by atoms with Gasteiger partial charge in [-0.25, -0.2) is 0 Å². The van der Waals surface area contributed by atoms with Gasteiger partial charge in [-0.3, -0.25) is 19.5 Å². The summed E-state index contributed by atoms with van der Waals surface area (Å²) in [4.78, 5) is 31.1. The van der Waals surface area contributed by atoms with Crippen molar-refractivity contribution in [2.24, 2.45) is 28.7 Å². The summed E-state index contributed by atoms with van der Waals surface area (Å²) in [5, 5.41) is 6.42. The van der Waals surface area contributed by atoms with Crippen LogP contribution in [0.5, 0.6) is 5.75 Å². The van der Waals surface area contributed by atoms with Crippen molar-refractivity contribution in [1.29, 1.82) is 0 Å². The molecule has 2 N–H and O–H groups in total. The van der Waals surface area contributed by atoms with Crippen molar-refractivity contribution < 1.29 is 14.3 Å². The Kier molecular flexibility index (Phi) is 5.79. The molecule has 2 bridgehead atoms. The minimum Gasteiger partial charge on any atom is -0.489 e. The van der Waals surface area contributed by atoms with E-state index >= 15 is 0 Å². The number of fused-ring (bicyclic) bond motifs is 5. The molecule has 1 saturated carbocycles. The molecule has 2 amide bonds. The van der Waals surface area contributed by atoms with Gasteiger partial charge in [0.05, 0.1) is 18.4 Å². The number of guanidine groups is 1. The third kappa shape index (κ3) is 3.93. The second kappa shape index (κ2) is 8.50. The van der Waals surface area contributed by atoms with Crippen LogP contribution in [0.2, 0.25) is 0 Å². The molecule has 1 saturated heterocycles. The summed E-state index contributed by atoms with van der Waals surface area (Å²) in [6.07, 6.45) is 5.14. The van der Waals surface area contributed by atoms with E-state index in [2.05, 4.69) is 27.8 Å². The quantitative estimate of drug-likeness (QED) is 0.310. The molecule has 1 aromatic carbocycles. The molecule has 5 unspecified atom stereocenters. The average molecular weight is 411 g/mol. The van der Waals surface area contributed by atoms with Crippen LogP contribution in [0.25, 0.3) is 0 Å². The topological polar surface area (TPSA) is 83.0 Å². The Hall–Kier alpha value is -2.83. The Morgan fingerprint density at radius 2 is 1.77 bits per heavy atom. The Morgan fingerprint density at radius 3 is 2.37 bits per heavy atom. The highest BCUT2D eigenvalue weighted by Crippen LogP contribution is 2.52. The zero-order valence-corrected chi connectivity index (χ0v) is 17.8. The molecule has 7 nitrogen and oxygen atoms in total. The molecule has 4 rings (SSSR count). The lowest BCUT2D eigenvalue weighted by atomic mass is 9.85. The zero-order valence-electron chi connectivity index (χ0n) is 17.8. The fourth-order valence-electron chi connectivity index (χ4n) is 4.82. The van der Waals surface area contributed by atoms with Crippen LogP contribution in [0, 0.1) is 30.6 Å². The van der Waals surface area contributed by atoms with Crippen LogP contribution in [0.15, 0.2) is 41.4 Å². The van der Waals surface area contributed by atoms with Crippen LogP contribution in [0.3, 0.4) is 0 Å². The van der Waals surface area contributed by atoms with Crippen molar-refractivity contribution in [2.45, 2.75) is 26.4 Å². The fourth-order valence-corrected chi connectivity index (χ4v) is 4.82. The number of amides is 2. The normalized spacial score (nSPS) is 28.1. The number of benzene rings is 1. The van der Waals surface area contributed by atoms with Crippen LogP contribution in [-0.2, 0) is 9.59 Å². The summed E-state index contributed by atoms with van der Waals surface area (Å²) in [5.41, 5.74) is 1.19. The molecule has 160 valence electrons. The summed E-state index contributed by atoms with van der Waals surface area (Å²) in [5.74, 6) is 1.67. The minimum absolute atomic E-state index is 0.00767. The lowest BCUT2D eigenvalue weighted by molar-refractivity contribution is -0.140. The monoisotopic (exact) mass is 410 g/mol.